The molecule has 0 aliphatic carbocycles. The maximum atomic E-state index is 11.9. The second kappa shape index (κ2) is 9.82. The molecule has 2 aromatic carbocycles. The number of benzene rings is 2. The van der Waals surface area contributed by atoms with Crippen molar-refractivity contribution in [2.45, 2.75) is 13.3 Å². The van der Waals surface area contributed by atoms with Crippen molar-refractivity contribution in [1.82, 2.24) is 5.32 Å². The van der Waals surface area contributed by atoms with Crippen molar-refractivity contribution in [3.63, 3.8) is 0 Å². The van der Waals surface area contributed by atoms with Gasteiger partial charge in [-0.15, -0.1) is 0 Å². The number of amides is 2. The van der Waals surface area contributed by atoms with Crippen LogP contribution in [-0.2, 0) is 9.59 Å². The Hall–Kier alpha value is -2.54. The molecule has 0 saturated carbocycles. The second-order valence-corrected chi connectivity index (χ2v) is 6.45. The normalized spacial score (nSPS) is 10.1. The van der Waals surface area contributed by atoms with E-state index < -0.39 is 0 Å². The molecule has 0 aliphatic heterocycles. The van der Waals surface area contributed by atoms with Crippen LogP contribution in [0.4, 0.5) is 5.69 Å². The number of methoxy groups -OCH3 is 1. The van der Waals surface area contributed by atoms with E-state index in [9.17, 15) is 9.59 Å². The number of nitrogens with one attached hydrogen (secondary N) is 2. The number of carbonyl (C=O) groups excluding carboxylic acids is 2. The van der Waals surface area contributed by atoms with E-state index in [-0.39, 0.29) is 31.4 Å². The average molecular weight is 421 g/mol. The van der Waals surface area contributed by atoms with Crippen LogP contribution < -0.4 is 20.1 Å². The number of rotatable bonds is 8. The number of ether oxygens (including phenoxy) is 2. The highest BCUT2D eigenvalue weighted by atomic mass is 79.9. The molecule has 0 bridgehead atoms. The van der Waals surface area contributed by atoms with Gasteiger partial charge in [-0.3, -0.25) is 9.59 Å². The topological polar surface area (TPSA) is 76.7 Å². The molecule has 7 heteroatoms. The molecule has 0 aliphatic rings. The molecule has 0 spiro atoms. The van der Waals surface area contributed by atoms with Crippen LogP contribution in [0.2, 0.25) is 0 Å². The largest absolute Gasteiger partial charge is 0.493 e. The third kappa shape index (κ3) is 6.07. The third-order valence-corrected chi connectivity index (χ3v) is 4.06. The number of carbonyl (C=O) groups is 2. The quantitative estimate of drug-likeness (QED) is 0.686. The zero-order chi connectivity index (χ0) is 18.9. The zero-order valence-electron chi connectivity index (χ0n) is 14.7. The van der Waals surface area contributed by atoms with Crippen LogP contribution in [0.5, 0.6) is 11.5 Å². The van der Waals surface area contributed by atoms with Gasteiger partial charge in [0.1, 0.15) is 0 Å². The molecule has 0 atom stereocenters. The third-order valence-electron chi connectivity index (χ3n) is 3.56. The van der Waals surface area contributed by atoms with Gasteiger partial charge in [-0.2, -0.15) is 0 Å². The molecule has 2 N–H and O–H groups in total. The van der Waals surface area contributed by atoms with Gasteiger partial charge in [0.2, 0.25) is 11.8 Å². The lowest BCUT2D eigenvalue weighted by Crippen LogP contribution is -2.33. The Kier molecular flexibility index (Phi) is 7.47. The van der Waals surface area contributed by atoms with Gasteiger partial charge in [-0.1, -0.05) is 28.1 Å². The van der Waals surface area contributed by atoms with E-state index in [0.29, 0.717) is 17.2 Å². The highest BCUT2D eigenvalue weighted by molar-refractivity contribution is 9.10. The summed E-state index contributed by atoms with van der Waals surface area (Å²) in [5.74, 6) is 0.639. The van der Waals surface area contributed by atoms with Crippen LogP contribution in [0.25, 0.3) is 0 Å². The van der Waals surface area contributed by atoms with E-state index in [0.717, 1.165) is 10.0 Å². The lowest BCUT2D eigenvalue weighted by Gasteiger charge is -2.11. The molecule has 0 fully saturated rings. The predicted molar refractivity (Wildman–Crippen MR) is 104 cm³/mol. The molecule has 6 nitrogen and oxygen atoms in total. The molecular weight excluding hydrogens is 400 g/mol. The van der Waals surface area contributed by atoms with Crippen LogP contribution in [0, 0.1) is 6.92 Å². The molecule has 2 rings (SSSR count). The molecule has 0 unspecified atom stereocenters. The van der Waals surface area contributed by atoms with E-state index in [4.69, 9.17) is 9.47 Å². The number of aryl methyl sites for hydroxylation is 1. The van der Waals surface area contributed by atoms with E-state index in [1.54, 1.807) is 25.3 Å². The Bertz CT molecular complexity index is 780. The first-order valence-corrected chi connectivity index (χ1v) is 8.87. The first-order chi connectivity index (χ1) is 12.5. The summed E-state index contributed by atoms with van der Waals surface area (Å²) >= 11 is 3.37. The van der Waals surface area contributed by atoms with E-state index in [2.05, 4.69) is 26.6 Å². The van der Waals surface area contributed by atoms with Crippen LogP contribution >= 0.6 is 15.9 Å². The van der Waals surface area contributed by atoms with Crippen molar-refractivity contribution in [1.29, 1.82) is 0 Å². The first kappa shape index (κ1) is 19.8. The van der Waals surface area contributed by atoms with Gasteiger partial charge in [-0.25, -0.2) is 0 Å². The second-order valence-electron chi connectivity index (χ2n) is 5.53. The van der Waals surface area contributed by atoms with Gasteiger partial charge >= 0.3 is 0 Å². The smallest absolute Gasteiger partial charge is 0.243 e. The standard InChI is InChI=1S/C19H21BrN2O4/c1-13-11-14(20)7-8-15(13)22-19(24)12-21-18(23)9-10-26-17-6-4-3-5-16(17)25-2/h3-8,11H,9-10,12H2,1-2H3,(H,21,23)(H,22,24). The van der Waals surface area contributed by atoms with E-state index in [1.165, 1.54) is 0 Å². The minimum atomic E-state index is -0.283. The summed E-state index contributed by atoms with van der Waals surface area (Å²) in [6.45, 7) is 2.00. The van der Waals surface area contributed by atoms with Crippen molar-refractivity contribution in [3.05, 3.63) is 52.5 Å². The predicted octanol–water partition coefficient (Wildman–Crippen LogP) is 3.29. The van der Waals surface area contributed by atoms with E-state index >= 15 is 0 Å². The minimum absolute atomic E-state index is 0.0943. The van der Waals surface area contributed by atoms with Gasteiger partial charge < -0.3 is 20.1 Å². The fraction of sp³-hybridized carbons (Fsp3) is 0.263. The summed E-state index contributed by atoms with van der Waals surface area (Å²) in [5.41, 5.74) is 1.65. The molecule has 2 amide bonds. The maximum Gasteiger partial charge on any atom is 0.243 e. The molecule has 26 heavy (non-hydrogen) atoms. The summed E-state index contributed by atoms with van der Waals surface area (Å²) in [6, 6.07) is 12.8. The van der Waals surface area contributed by atoms with Crippen molar-refractivity contribution in [2.75, 3.05) is 25.6 Å². The Morgan fingerprint density at radius 3 is 2.50 bits per heavy atom. The van der Waals surface area contributed by atoms with Crippen LogP contribution in [0.15, 0.2) is 46.9 Å². The highest BCUT2D eigenvalue weighted by Gasteiger charge is 2.09. The number of hydrogen-bond acceptors (Lipinski definition) is 4. The summed E-state index contributed by atoms with van der Waals surface area (Å²) in [7, 11) is 1.56. The van der Waals surface area contributed by atoms with Gasteiger partial charge in [0.15, 0.2) is 11.5 Å². The fourth-order valence-corrected chi connectivity index (χ4v) is 2.70. The Labute approximate surface area is 161 Å². The molecular formula is C19H21BrN2O4. The van der Waals surface area contributed by atoms with E-state index in [1.807, 2.05) is 31.2 Å². The van der Waals surface area contributed by atoms with Gasteiger partial charge in [0.05, 0.1) is 26.7 Å². The fourth-order valence-electron chi connectivity index (χ4n) is 2.22. The molecule has 0 heterocycles. The summed E-state index contributed by atoms with van der Waals surface area (Å²) in [4.78, 5) is 23.8. The van der Waals surface area contributed by atoms with Crippen molar-refractivity contribution < 1.29 is 19.1 Å². The lowest BCUT2D eigenvalue weighted by molar-refractivity contribution is -0.124. The SMILES string of the molecule is COc1ccccc1OCCC(=O)NCC(=O)Nc1ccc(Br)cc1C. The van der Waals surface area contributed by atoms with Gasteiger partial charge in [-0.05, 0) is 42.8 Å². The van der Waals surface area contributed by atoms with Crippen LogP contribution in [0.1, 0.15) is 12.0 Å². The summed E-state index contributed by atoms with van der Waals surface area (Å²) < 4.78 is 11.7. The van der Waals surface area contributed by atoms with Crippen LogP contribution in [-0.4, -0.2) is 32.1 Å². The number of hydrogen-bond donors (Lipinski definition) is 2. The van der Waals surface area contributed by atoms with Gasteiger partial charge in [0, 0.05) is 10.2 Å². The zero-order valence-corrected chi connectivity index (χ0v) is 16.3. The summed E-state index contributed by atoms with van der Waals surface area (Å²) in [6.07, 6.45) is 0.142. The van der Waals surface area contributed by atoms with Crippen molar-refractivity contribution in [2.24, 2.45) is 0 Å². The number of anilines is 1. The highest BCUT2D eigenvalue weighted by Crippen LogP contribution is 2.25. The average Bonchev–Trinajstić information content (AvgIpc) is 2.63. The van der Waals surface area contributed by atoms with Crippen LogP contribution in [0.3, 0.4) is 0 Å². The monoisotopic (exact) mass is 420 g/mol. The number of para-hydroxylation sites is 2. The minimum Gasteiger partial charge on any atom is -0.493 e. The molecule has 138 valence electrons. The Morgan fingerprint density at radius 1 is 1.08 bits per heavy atom. The summed E-state index contributed by atoms with van der Waals surface area (Å²) in [5, 5.41) is 5.34. The maximum absolute atomic E-state index is 11.9. The molecule has 2 aromatic rings. The molecule has 0 aromatic heterocycles. The Balaban J connectivity index is 1.72. The lowest BCUT2D eigenvalue weighted by atomic mass is 10.2. The van der Waals surface area contributed by atoms with Gasteiger partial charge in [0.25, 0.3) is 0 Å². The first-order valence-electron chi connectivity index (χ1n) is 8.08. The van der Waals surface area contributed by atoms with Crippen molar-refractivity contribution >= 4 is 33.4 Å². The number of halogens is 1. The molecule has 0 radical (unpaired) electrons. The van der Waals surface area contributed by atoms with Crippen molar-refractivity contribution in [3.8, 4) is 11.5 Å². The Morgan fingerprint density at radius 2 is 1.81 bits per heavy atom. The molecule has 0 saturated heterocycles.